The van der Waals surface area contributed by atoms with E-state index < -0.39 is 0 Å². The van der Waals surface area contributed by atoms with E-state index in [4.69, 9.17) is 16.3 Å². The first-order valence-electron chi connectivity index (χ1n) is 4.99. The summed E-state index contributed by atoms with van der Waals surface area (Å²) in [4.78, 5) is 8.44. The molecule has 6 heteroatoms. The van der Waals surface area contributed by atoms with Gasteiger partial charge in [0.15, 0.2) is 5.65 Å². The number of ether oxygens (including phenoxy) is 1. The van der Waals surface area contributed by atoms with E-state index in [1.807, 2.05) is 13.8 Å². The molecular weight excluding hydrogens is 228 g/mol. The molecule has 0 amide bonds. The summed E-state index contributed by atoms with van der Waals surface area (Å²) in [7, 11) is 1.66. The van der Waals surface area contributed by atoms with E-state index in [-0.39, 0.29) is 6.04 Å². The minimum Gasteiger partial charge on any atom is -0.382 e. The molecule has 0 radical (unpaired) electrons. The lowest BCUT2D eigenvalue weighted by Crippen LogP contribution is -2.13. The van der Waals surface area contributed by atoms with Crippen LogP contribution in [0.1, 0.15) is 18.8 Å². The SMILES string of the molecule is COCC(C)n1ncc2c(Cl)nc(C)nc21. The number of rotatable bonds is 3. The molecule has 0 spiro atoms. The van der Waals surface area contributed by atoms with Crippen LogP contribution < -0.4 is 0 Å². The fraction of sp³-hybridized carbons (Fsp3) is 0.500. The third-order valence-corrected chi connectivity index (χ3v) is 2.63. The smallest absolute Gasteiger partial charge is 0.163 e. The Labute approximate surface area is 98.4 Å². The van der Waals surface area contributed by atoms with Crippen LogP contribution in [-0.4, -0.2) is 33.5 Å². The molecular formula is C10H13ClN4O. The van der Waals surface area contributed by atoms with E-state index in [0.717, 1.165) is 11.0 Å². The van der Waals surface area contributed by atoms with Crippen molar-refractivity contribution >= 4 is 22.6 Å². The molecule has 0 N–H and O–H groups in total. The summed E-state index contributed by atoms with van der Waals surface area (Å²) in [5.41, 5.74) is 0.752. The van der Waals surface area contributed by atoms with Gasteiger partial charge in [-0.25, -0.2) is 14.6 Å². The Morgan fingerprint density at radius 3 is 2.94 bits per heavy atom. The molecule has 2 heterocycles. The quantitative estimate of drug-likeness (QED) is 0.770. The minimum atomic E-state index is 0.118. The molecule has 0 aliphatic rings. The van der Waals surface area contributed by atoms with Crippen molar-refractivity contribution in [3.05, 3.63) is 17.2 Å². The third kappa shape index (κ3) is 1.88. The van der Waals surface area contributed by atoms with Crippen molar-refractivity contribution in [2.24, 2.45) is 0 Å². The van der Waals surface area contributed by atoms with E-state index in [0.29, 0.717) is 17.6 Å². The lowest BCUT2D eigenvalue weighted by Gasteiger charge is -2.11. The van der Waals surface area contributed by atoms with Gasteiger partial charge in [0.2, 0.25) is 0 Å². The van der Waals surface area contributed by atoms with Crippen LogP contribution >= 0.6 is 11.6 Å². The van der Waals surface area contributed by atoms with Gasteiger partial charge in [-0.3, -0.25) is 0 Å². The van der Waals surface area contributed by atoms with Crippen LogP contribution in [-0.2, 0) is 4.74 Å². The Bertz CT molecular complexity index is 511. The number of fused-ring (bicyclic) bond motifs is 1. The summed E-state index contributed by atoms with van der Waals surface area (Å²) in [6.07, 6.45) is 1.68. The van der Waals surface area contributed by atoms with Gasteiger partial charge in [-0.1, -0.05) is 11.6 Å². The van der Waals surface area contributed by atoms with Crippen molar-refractivity contribution in [2.75, 3.05) is 13.7 Å². The number of hydrogen-bond acceptors (Lipinski definition) is 4. The Morgan fingerprint density at radius 2 is 2.25 bits per heavy atom. The summed E-state index contributed by atoms with van der Waals surface area (Å²) in [6, 6.07) is 0.118. The number of hydrogen-bond donors (Lipinski definition) is 0. The van der Waals surface area contributed by atoms with Gasteiger partial charge < -0.3 is 4.74 Å². The van der Waals surface area contributed by atoms with Crippen molar-refractivity contribution < 1.29 is 4.74 Å². The lowest BCUT2D eigenvalue weighted by atomic mass is 10.3. The molecule has 0 aliphatic carbocycles. The molecule has 16 heavy (non-hydrogen) atoms. The minimum absolute atomic E-state index is 0.118. The predicted molar refractivity (Wildman–Crippen MR) is 61.7 cm³/mol. The Morgan fingerprint density at radius 1 is 1.50 bits per heavy atom. The Hall–Kier alpha value is -1.20. The summed E-state index contributed by atoms with van der Waals surface area (Å²) in [5, 5.41) is 5.48. The van der Waals surface area contributed by atoms with Crippen molar-refractivity contribution in [1.82, 2.24) is 19.7 Å². The van der Waals surface area contributed by atoms with E-state index >= 15 is 0 Å². The molecule has 0 fully saturated rings. The van der Waals surface area contributed by atoms with Gasteiger partial charge in [-0.05, 0) is 13.8 Å². The molecule has 0 aliphatic heterocycles. The number of halogens is 1. The second-order valence-corrected chi connectivity index (χ2v) is 4.05. The summed E-state index contributed by atoms with van der Waals surface area (Å²) < 4.78 is 6.90. The molecule has 2 aromatic rings. The first-order valence-corrected chi connectivity index (χ1v) is 5.37. The average Bonchev–Trinajstić information content (AvgIpc) is 2.61. The predicted octanol–water partition coefficient (Wildman–Crippen LogP) is 2.00. The number of aryl methyl sites for hydroxylation is 1. The van der Waals surface area contributed by atoms with Crippen LogP contribution in [0.3, 0.4) is 0 Å². The molecule has 0 aromatic carbocycles. The summed E-state index contributed by atoms with van der Waals surface area (Å²) >= 11 is 6.02. The highest BCUT2D eigenvalue weighted by Gasteiger charge is 2.14. The second kappa shape index (κ2) is 4.35. The van der Waals surface area contributed by atoms with Crippen LogP contribution in [0, 0.1) is 6.92 Å². The maximum atomic E-state index is 6.02. The van der Waals surface area contributed by atoms with E-state index in [1.165, 1.54) is 0 Å². The highest BCUT2D eigenvalue weighted by molar-refractivity contribution is 6.33. The summed E-state index contributed by atoms with van der Waals surface area (Å²) in [5.74, 6) is 0.642. The Balaban J connectivity index is 2.55. The first kappa shape index (κ1) is 11.3. The standard InChI is InChI=1S/C10H13ClN4O/c1-6(5-16-3)15-10-8(4-12-15)9(11)13-7(2)14-10/h4,6H,5H2,1-3H3. The van der Waals surface area contributed by atoms with Gasteiger partial charge in [0, 0.05) is 7.11 Å². The fourth-order valence-electron chi connectivity index (χ4n) is 1.63. The molecule has 1 atom stereocenters. The molecule has 2 aromatic heterocycles. The maximum absolute atomic E-state index is 6.02. The zero-order valence-corrected chi connectivity index (χ0v) is 10.2. The largest absolute Gasteiger partial charge is 0.382 e. The molecule has 86 valence electrons. The van der Waals surface area contributed by atoms with Crippen molar-refractivity contribution in [3.8, 4) is 0 Å². The van der Waals surface area contributed by atoms with Crippen LogP contribution in [0.5, 0.6) is 0 Å². The lowest BCUT2D eigenvalue weighted by molar-refractivity contribution is 0.158. The van der Waals surface area contributed by atoms with Gasteiger partial charge in [-0.15, -0.1) is 0 Å². The molecule has 1 unspecified atom stereocenters. The molecule has 0 bridgehead atoms. The van der Waals surface area contributed by atoms with Gasteiger partial charge in [0.05, 0.1) is 24.2 Å². The fourth-order valence-corrected chi connectivity index (χ4v) is 1.88. The van der Waals surface area contributed by atoms with Crippen LogP contribution in [0.15, 0.2) is 6.20 Å². The normalized spacial score (nSPS) is 13.2. The monoisotopic (exact) mass is 240 g/mol. The first-order chi connectivity index (χ1) is 7.63. The third-order valence-electron chi connectivity index (χ3n) is 2.34. The number of aromatic nitrogens is 4. The zero-order valence-electron chi connectivity index (χ0n) is 9.44. The van der Waals surface area contributed by atoms with Gasteiger partial charge in [0.1, 0.15) is 11.0 Å². The van der Waals surface area contributed by atoms with Crippen molar-refractivity contribution in [2.45, 2.75) is 19.9 Å². The van der Waals surface area contributed by atoms with E-state index in [9.17, 15) is 0 Å². The van der Waals surface area contributed by atoms with E-state index in [2.05, 4.69) is 15.1 Å². The van der Waals surface area contributed by atoms with E-state index in [1.54, 1.807) is 18.0 Å². The van der Waals surface area contributed by atoms with Crippen molar-refractivity contribution in [3.63, 3.8) is 0 Å². The van der Waals surface area contributed by atoms with Crippen molar-refractivity contribution in [1.29, 1.82) is 0 Å². The highest BCUT2D eigenvalue weighted by atomic mass is 35.5. The maximum Gasteiger partial charge on any atom is 0.163 e. The van der Waals surface area contributed by atoms with Gasteiger partial charge in [0.25, 0.3) is 0 Å². The Kier molecular flexibility index (Phi) is 3.07. The van der Waals surface area contributed by atoms with Gasteiger partial charge >= 0.3 is 0 Å². The molecule has 5 nitrogen and oxygen atoms in total. The highest BCUT2D eigenvalue weighted by Crippen LogP contribution is 2.22. The van der Waals surface area contributed by atoms with Crippen LogP contribution in [0.25, 0.3) is 11.0 Å². The van der Waals surface area contributed by atoms with Crippen LogP contribution in [0.4, 0.5) is 0 Å². The topological polar surface area (TPSA) is 52.8 Å². The van der Waals surface area contributed by atoms with Gasteiger partial charge in [-0.2, -0.15) is 5.10 Å². The molecule has 0 saturated carbocycles. The number of nitrogens with zero attached hydrogens (tertiary/aromatic N) is 4. The summed E-state index contributed by atoms with van der Waals surface area (Å²) in [6.45, 7) is 4.41. The van der Waals surface area contributed by atoms with Crippen LogP contribution in [0.2, 0.25) is 5.15 Å². The average molecular weight is 241 g/mol. The molecule has 0 saturated heterocycles. The zero-order chi connectivity index (χ0) is 11.7. The second-order valence-electron chi connectivity index (χ2n) is 3.69. The number of methoxy groups -OCH3 is 1. The molecule has 2 rings (SSSR count).